The van der Waals surface area contributed by atoms with Crippen LogP contribution in [0.1, 0.15) is 20.3 Å². The second-order valence-corrected chi connectivity index (χ2v) is 4.71. The molecule has 2 fully saturated rings. The molecule has 5 heteroatoms. The van der Waals surface area contributed by atoms with Gasteiger partial charge in [-0.1, -0.05) is 0 Å². The van der Waals surface area contributed by atoms with Crippen LogP contribution in [0, 0.1) is 0 Å². The maximum atomic E-state index is 10.9. The van der Waals surface area contributed by atoms with Crippen molar-refractivity contribution in [3.8, 4) is 0 Å². The first-order valence-electron chi connectivity index (χ1n) is 5.43. The second kappa shape index (κ2) is 3.29. The van der Waals surface area contributed by atoms with E-state index in [1.165, 1.54) is 6.08 Å². The smallest absolute Gasteiger partial charge is 0.331 e. The van der Waals surface area contributed by atoms with Crippen LogP contribution in [0.15, 0.2) is 12.2 Å². The Balaban J connectivity index is 1.64. The highest BCUT2D eigenvalue weighted by Crippen LogP contribution is 2.38. The Kier molecular flexibility index (Phi) is 2.11. The van der Waals surface area contributed by atoms with E-state index in [0.717, 1.165) is 0 Å². The minimum absolute atomic E-state index is 0.0623. The van der Waals surface area contributed by atoms with Crippen LogP contribution in [0.25, 0.3) is 0 Å². The van der Waals surface area contributed by atoms with Crippen molar-refractivity contribution < 1.29 is 23.7 Å². The fourth-order valence-electron chi connectivity index (χ4n) is 2.33. The lowest BCUT2D eigenvalue weighted by atomic mass is 10.1. The summed E-state index contributed by atoms with van der Waals surface area (Å²) in [5.41, 5.74) is 0. The fraction of sp³-hybridized carbons (Fsp3) is 0.727. The molecule has 16 heavy (non-hydrogen) atoms. The minimum Gasteiger partial charge on any atom is -0.452 e. The third-order valence-corrected chi connectivity index (χ3v) is 2.95. The predicted octanol–water partition coefficient (Wildman–Crippen LogP) is 0.734. The van der Waals surface area contributed by atoms with E-state index in [2.05, 4.69) is 0 Å². The predicted molar refractivity (Wildman–Crippen MR) is 52.3 cm³/mol. The molecule has 3 aliphatic heterocycles. The van der Waals surface area contributed by atoms with E-state index in [4.69, 9.17) is 18.9 Å². The van der Waals surface area contributed by atoms with Gasteiger partial charge in [0.2, 0.25) is 0 Å². The Morgan fingerprint density at radius 1 is 1.31 bits per heavy atom. The van der Waals surface area contributed by atoms with Gasteiger partial charge in [-0.3, -0.25) is 0 Å². The number of rotatable bonds is 1. The highest BCUT2D eigenvalue weighted by atomic mass is 16.8. The molecule has 0 aromatic heterocycles. The quantitative estimate of drug-likeness (QED) is 0.617. The summed E-state index contributed by atoms with van der Waals surface area (Å²) in [5, 5.41) is 0. The van der Waals surface area contributed by atoms with Crippen LogP contribution in [0.4, 0.5) is 0 Å². The molecule has 3 aliphatic rings. The average molecular weight is 226 g/mol. The Bertz CT molecular complexity index is 332. The number of esters is 1. The molecular weight excluding hydrogens is 212 g/mol. The molecule has 2 saturated heterocycles. The summed E-state index contributed by atoms with van der Waals surface area (Å²) in [6.45, 7) is 3.72. The molecule has 0 aromatic carbocycles. The van der Waals surface area contributed by atoms with E-state index >= 15 is 0 Å². The summed E-state index contributed by atoms with van der Waals surface area (Å²) in [7, 11) is 0. The van der Waals surface area contributed by atoms with Crippen molar-refractivity contribution in [1.82, 2.24) is 0 Å². The van der Waals surface area contributed by atoms with Gasteiger partial charge in [0.25, 0.3) is 0 Å². The third-order valence-electron chi connectivity index (χ3n) is 2.95. The first kappa shape index (κ1) is 10.3. The zero-order valence-corrected chi connectivity index (χ0v) is 9.21. The zero-order chi connectivity index (χ0) is 11.3. The third kappa shape index (κ3) is 1.65. The molecule has 0 unspecified atom stereocenters. The van der Waals surface area contributed by atoms with Gasteiger partial charge in [-0.25, -0.2) is 4.79 Å². The van der Waals surface area contributed by atoms with Crippen molar-refractivity contribution >= 4 is 5.97 Å². The minimum atomic E-state index is -0.581. The van der Waals surface area contributed by atoms with E-state index < -0.39 is 5.79 Å². The number of hydrogen-bond donors (Lipinski definition) is 0. The maximum Gasteiger partial charge on any atom is 0.331 e. The van der Waals surface area contributed by atoms with Crippen molar-refractivity contribution in [3.63, 3.8) is 0 Å². The molecule has 3 heterocycles. The SMILES string of the molecule is CC1(C)O[C@H]2O[C@H]([C@H]3C=CC(=O)O3)C[C@H]2O1. The van der Waals surface area contributed by atoms with Gasteiger partial charge >= 0.3 is 5.97 Å². The molecule has 88 valence electrons. The fourth-order valence-corrected chi connectivity index (χ4v) is 2.33. The number of cyclic esters (lactones) is 1. The lowest BCUT2D eigenvalue weighted by Gasteiger charge is -2.22. The lowest BCUT2D eigenvalue weighted by molar-refractivity contribution is -0.213. The summed E-state index contributed by atoms with van der Waals surface area (Å²) in [5.74, 6) is -0.893. The monoisotopic (exact) mass is 226 g/mol. The van der Waals surface area contributed by atoms with Gasteiger partial charge in [0.15, 0.2) is 12.1 Å². The summed E-state index contributed by atoms with van der Waals surface area (Å²) in [4.78, 5) is 10.9. The number of ether oxygens (including phenoxy) is 4. The Labute approximate surface area is 93.3 Å². The molecule has 0 spiro atoms. The van der Waals surface area contributed by atoms with Crippen LogP contribution < -0.4 is 0 Å². The van der Waals surface area contributed by atoms with Gasteiger partial charge in [0.05, 0.1) is 0 Å². The molecule has 0 bridgehead atoms. The van der Waals surface area contributed by atoms with Crippen LogP contribution in [-0.4, -0.2) is 36.4 Å². The number of fused-ring (bicyclic) bond motifs is 1. The van der Waals surface area contributed by atoms with Gasteiger partial charge < -0.3 is 18.9 Å². The van der Waals surface area contributed by atoms with Gasteiger partial charge in [0.1, 0.15) is 18.3 Å². The first-order chi connectivity index (χ1) is 7.53. The van der Waals surface area contributed by atoms with Gasteiger partial charge in [-0.2, -0.15) is 0 Å². The normalized spacial score (nSPS) is 44.8. The average Bonchev–Trinajstić information content (AvgIpc) is 2.77. The lowest BCUT2D eigenvalue weighted by Crippen LogP contribution is -2.30. The van der Waals surface area contributed by atoms with E-state index in [9.17, 15) is 4.79 Å². The highest BCUT2D eigenvalue weighted by Gasteiger charge is 2.50. The Morgan fingerprint density at radius 3 is 2.75 bits per heavy atom. The van der Waals surface area contributed by atoms with Crippen LogP contribution in [0.5, 0.6) is 0 Å². The van der Waals surface area contributed by atoms with E-state index in [0.29, 0.717) is 6.42 Å². The second-order valence-electron chi connectivity index (χ2n) is 4.71. The summed E-state index contributed by atoms with van der Waals surface area (Å²) < 4.78 is 22.0. The standard InChI is InChI=1S/C11H14O5/c1-11(2)15-8-5-7(14-10(8)16-11)6-3-4-9(12)13-6/h3-4,6-8,10H,5H2,1-2H3/t6-,7+,8-,10-/m1/s1. The van der Waals surface area contributed by atoms with Crippen molar-refractivity contribution in [2.45, 2.75) is 50.7 Å². The molecule has 0 N–H and O–H groups in total. The summed E-state index contributed by atoms with van der Waals surface area (Å²) in [6, 6.07) is 0. The van der Waals surface area contributed by atoms with E-state index in [1.54, 1.807) is 6.08 Å². The largest absolute Gasteiger partial charge is 0.452 e. The topological polar surface area (TPSA) is 54.0 Å². The van der Waals surface area contributed by atoms with Crippen molar-refractivity contribution in [1.29, 1.82) is 0 Å². The zero-order valence-electron chi connectivity index (χ0n) is 9.21. The molecule has 5 nitrogen and oxygen atoms in total. The van der Waals surface area contributed by atoms with E-state index in [1.807, 2.05) is 13.8 Å². The highest BCUT2D eigenvalue weighted by molar-refractivity contribution is 5.84. The molecular formula is C11H14O5. The van der Waals surface area contributed by atoms with Crippen LogP contribution in [-0.2, 0) is 23.7 Å². The molecule has 0 radical (unpaired) electrons. The molecule has 0 aliphatic carbocycles. The molecule has 4 atom stereocenters. The van der Waals surface area contributed by atoms with Crippen molar-refractivity contribution in [2.24, 2.45) is 0 Å². The number of hydrogen-bond acceptors (Lipinski definition) is 5. The van der Waals surface area contributed by atoms with Crippen LogP contribution >= 0.6 is 0 Å². The van der Waals surface area contributed by atoms with Crippen molar-refractivity contribution in [2.75, 3.05) is 0 Å². The maximum absolute atomic E-state index is 10.9. The van der Waals surface area contributed by atoms with Crippen molar-refractivity contribution in [3.05, 3.63) is 12.2 Å². The van der Waals surface area contributed by atoms with E-state index in [-0.39, 0.29) is 30.6 Å². The first-order valence-corrected chi connectivity index (χ1v) is 5.43. The number of carbonyl (C=O) groups is 1. The van der Waals surface area contributed by atoms with Gasteiger partial charge in [0, 0.05) is 12.5 Å². The van der Waals surface area contributed by atoms with Gasteiger partial charge in [-0.15, -0.1) is 0 Å². The van der Waals surface area contributed by atoms with Crippen LogP contribution in [0.2, 0.25) is 0 Å². The van der Waals surface area contributed by atoms with Crippen LogP contribution in [0.3, 0.4) is 0 Å². The molecule has 0 amide bonds. The summed E-state index contributed by atoms with van der Waals surface area (Å²) >= 11 is 0. The van der Waals surface area contributed by atoms with Gasteiger partial charge in [-0.05, 0) is 19.9 Å². The molecule has 3 rings (SSSR count). The molecule has 0 saturated carbocycles. The summed E-state index contributed by atoms with van der Waals surface area (Å²) in [6.07, 6.45) is 2.98. The Hall–Kier alpha value is -0.910. The number of carbonyl (C=O) groups excluding carboxylic acids is 1. The molecule has 0 aromatic rings. The Morgan fingerprint density at radius 2 is 2.12 bits per heavy atom.